The van der Waals surface area contributed by atoms with Gasteiger partial charge >= 0.3 is 12.3 Å². The van der Waals surface area contributed by atoms with E-state index in [1.54, 1.807) is 12.1 Å². The number of halogens is 5. The topological polar surface area (TPSA) is 97.6 Å². The molecule has 42 heavy (non-hydrogen) atoms. The van der Waals surface area contributed by atoms with Crippen LogP contribution in [0.4, 0.5) is 33.7 Å². The van der Waals surface area contributed by atoms with Crippen LogP contribution in [-0.2, 0) is 11.6 Å². The van der Waals surface area contributed by atoms with Crippen molar-refractivity contribution in [2.45, 2.75) is 24.4 Å². The lowest BCUT2D eigenvalue weighted by molar-refractivity contribution is -0.384. The lowest BCUT2D eigenvalue weighted by Crippen LogP contribution is -2.49. The summed E-state index contributed by atoms with van der Waals surface area (Å²) in [4.78, 5) is 28.4. The van der Waals surface area contributed by atoms with Crippen molar-refractivity contribution < 1.29 is 32.0 Å². The number of alkyl halides is 3. The van der Waals surface area contributed by atoms with Gasteiger partial charge in [-0.3, -0.25) is 10.1 Å². The summed E-state index contributed by atoms with van der Waals surface area (Å²) < 4.78 is 60.1. The number of benzene rings is 3. The second-order valence-electron chi connectivity index (χ2n) is 9.96. The number of fused-ring (bicyclic) bond motifs is 1. The summed E-state index contributed by atoms with van der Waals surface area (Å²) in [6.07, 6.45) is -4.55. The molecule has 1 fully saturated rings. The first-order valence-electron chi connectivity index (χ1n) is 12.8. The van der Waals surface area contributed by atoms with Crippen LogP contribution < -0.4 is 10.1 Å². The quantitative estimate of drug-likeness (QED) is 0.139. The number of hydrogen-bond acceptors (Lipinski definition) is 6. The Bertz CT molecular complexity index is 1620. The zero-order valence-electron chi connectivity index (χ0n) is 21.8. The molecule has 1 aliphatic rings. The summed E-state index contributed by atoms with van der Waals surface area (Å²) in [5.41, 5.74) is -0.806. The van der Waals surface area contributed by atoms with E-state index < -0.39 is 34.1 Å². The van der Waals surface area contributed by atoms with Gasteiger partial charge in [0.1, 0.15) is 17.3 Å². The monoisotopic (exact) mass is 602 g/mol. The molecule has 5 rings (SSSR count). The molecule has 13 heteroatoms. The van der Waals surface area contributed by atoms with Crippen LogP contribution in [0.3, 0.4) is 0 Å². The number of hydrogen-bond donors (Lipinski definition) is 1. The number of amides is 1. The molecule has 0 atom stereocenters. The minimum absolute atomic E-state index is 0.122. The number of ether oxygens (including phenoxy) is 1. The molecule has 218 valence electrons. The molecule has 2 heterocycles. The Morgan fingerprint density at radius 3 is 2.33 bits per heavy atom. The van der Waals surface area contributed by atoms with E-state index in [9.17, 15) is 32.5 Å². The minimum Gasteiger partial charge on any atom is -0.410 e. The van der Waals surface area contributed by atoms with E-state index in [1.807, 2.05) is 0 Å². The lowest BCUT2D eigenvalue weighted by atomic mass is 9.72. The number of non-ortho nitro benzene ring substituents is 1. The van der Waals surface area contributed by atoms with Crippen molar-refractivity contribution in [3.05, 3.63) is 105 Å². The van der Waals surface area contributed by atoms with E-state index >= 15 is 0 Å². The third kappa shape index (κ3) is 6.23. The van der Waals surface area contributed by atoms with Gasteiger partial charge in [-0.25, -0.2) is 14.2 Å². The van der Waals surface area contributed by atoms with E-state index in [0.29, 0.717) is 23.3 Å². The molecule has 0 bridgehead atoms. The SMILES string of the molecule is O=C(Oc1ccc([N+](=O)[O-])cc1)N1CCC(CNc2cc(C(F)(F)F)nc3ccc(Cl)cc23)(c2ccc(F)cc2)CC1. The molecular weight excluding hydrogens is 580 g/mol. The first-order valence-corrected chi connectivity index (χ1v) is 13.2. The van der Waals surface area contributed by atoms with Gasteiger partial charge in [-0.2, -0.15) is 13.2 Å². The number of aromatic nitrogens is 1. The Kier molecular flexibility index (Phi) is 7.91. The number of nitro benzene ring substituents is 1. The van der Waals surface area contributed by atoms with Gasteiger partial charge in [-0.1, -0.05) is 23.7 Å². The highest BCUT2D eigenvalue weighted by atomic mass is 35.5. The van der Waals surface area contributed by atoms with E-state index in [2.05, 4.69) is 10.3 Å². The summed E-state index contributed by atoms with van der Waals surface area (Å²) in [6, 6.07) is 16.4. The molecule has 1 amide bonds. The number of anilines is 1. The Labute approximate surface area is 242 Å². The average Bonchev–Trinajstić information content (AvgIpc) is 2.96. The minimum atomic E-state index is -4.67. The first-order chi connectivity index (χ1) is 19.9. The van der Waals surface area contributed by atoms with Gasteiger partial charge < -0.3 is 15.0 Å². The summed E-state index contributed by atoms with van der Waals surface area (Å²) in [6.45, 7) is 0.649. The number of rotatable bonds is 6. The van der Waals surface area contributed by atoms with Crippen LogP contribution in [0.1, 0.15) is 24.1 Å². The maximum atomic E-state index is 13.8. The van der Waals surface area contributed by atoms with Gasteiger partial charge in [0, 0.05) is 53.3 Å². The summed E-state index contributed by atoms with van der Waals surface area (Å²) in [5, 5.41) is 14.8. The van der Waals surface area contributed by atoms with Crippen LogP contribution >= 0.6 is 11.6 Å². The molecule has 8 nitrogen and oxygen atoms in total. The Morgan fingerprint density at radius 2 is 1.71 bits per heavy atom. The van der Waals surface area contributed by atoms with E-state index in [4.69, 9.17) is 16.3 Å². The highest BCUT2D eigenvalue weighted by molar-refractivity contribution is 6.31. The van der Waals surface area contributed by atoms with Gasteiger partial charge in [0.05, 0.1) is 10.4 Å². The summed E-state index contributed by atoms with van der Waals surface area (Å²) in [7, 11) is 0. The fourth-order valence-corrected chi connectivity index (χ4v) is 5.22. The highest BCUT2D eigenvalue weighted by Crippen LogP contribution is 2.39. The maximum Gasteiger partial charge on any atom is 0.433 e. The molecule has 1 saturated heterocycles. The maximum absolute atomic E-state index is 13.8. The van der Waals surface area contributed by atoms with Crippen LogP contribution in [-0.4, -0.2) is 40.5 Å². The Hall–Kier alpha value is -4.45. The van der Waals surface area contributed by atoms with E-state index in [0.717, 1.165) is 11.6 Å². The molecule has 0 radical (unpaired) electrons. The van der Waals surface area contributed by atoms with Gasteiger partial charge in [0.25, 0.3) is 5.69 Å². The molecule has 4 aromatic rings. The Morgan fingerprint density at radius 1 is 1.05 bits per heavy atom. The van der Waals surface area contributed by atoms with Gasteiger partial charge in [-0.05, 0) is 66.9 Å². The first kappa shape index (κ1) is 29.1. The predicted molar refractivity (Wildman–Crippen MR) is 148 cm³/mol. The lowest BCUT2D eigenvalue weighted by Gasteiger charge is -2.42. The molecule has 1 N–H and O–H groups in total. The number of piperidine rings is 1. The van der Waals surface area contributed by atoms with Gasteiger partial charge in [0.2, 0.25) is 0 Å². The Balaban J connectivity index is 1.38. The third-order valence-corrected chi connectivity index (χ3v) is 7.60. The molecule has 0 unspecified atom stereocenters. The van der Waals surface area contributed by atoms with E-state index in [1.165, 1.54) is 59.5 Å². The third-order valence-electron chi connectivity index (χ3n) is 7.37. The average molecular weight is 603 g/mol. The van der Waals surface area contributed by atoms with Crippen LogP contribution in [0.25, 0.3) is 10.9 Å². The fourth-order valence-electron chi connectivity index (χ4n) is 5.04. The summed E-state index contributed by atoms with van der Waals surface area (Å²) in [5.74, 6) is -0.290. The molecule has 1 aliphatic heterocycles. The zero-order valence-corrected chi connectivity index (χ0v) is 22.6. The van der Waals surface area contributed by atoms with Crippen molar-refractivity contribution in [2.75, 3.05) is 25.0 Å². The number of likely N-dealkylation sites (tertiary alicyclic amines) is 1. The van der Waals surface area contributed by atoms with Crippen LogP contribution in [0.2, 0.25) is 5.02 Å². The molecular formula is C29H23ClF4N4O4. The van der Waals surface area contributed by atoms with Crippen LogP contribution in [0, 0.1) is 15.9 Å². The second-order valence-corrected chi connectivity index (χ2v) is 10.4. The molecule has 1 aromatic heterocycles. The number of nitro groups is 1. The zero-order chi connectivity index (χ0) is 30.1. The smallest absolute Gasteiger partial charge is 0.410 e. The normalized spacial score (nSPS) is 14.9. The molecule has 0 aliphatic carbocycles. The number of nitrogens with zero attached hydrogens (tertiary/aromatic N) is 3. The molecule has 3 aromatic carbocycles. The summed E-state index contributed by atoms with van der Waals surface area (Å²) >= 11 is 6.14. The number of nitrogens with one attached hydrogen (secondary N) is 1. The van der Waals surface area contributed by atoms with Crippen molar-refractivity contribution in [1.82, 2.24) is 9.88 Å². The molecule has 0 saturated carbocycles. The standard InChI is InChI=1S/C29H23ClF4N4O4/c30-19-3-10-24-23(15-19)25(16-26(36-24)29(32,33)34)35-17-28(18-1-4-20(31)5-2-18)11-13-37(14-12-28)27(39)42-22-8-6-21(7-9-22)38(40)41/h1-10,15-16H,11-14,17H2,(H,35,36). The van der Waals surface area contributed by atoms with Gasteiger partial charge in [-0.15, -0.1) is 0 Å². The number of pyridine rings is 1. The van der Waals surface area contributed by atoms with Crippen molar-refractivity contribution in [3.63, 3.8) is 0 Å². The predicted octanol–water partition coefficient (Wildman–Crippen LogP) is 7.60. The van der Waals surface area contributed by atoms with Crippen molar-refractivity contribution in [2.24, 2.45) is 0 Å². The van der Waals surface area contributed by atoms with E-state index in [-0.39, 0.29) is 42.3 Å². The van der Waals surface area contributed by atoms with Crippen LogP contribution in [0.15, 0.2) is 72.8 Å². The van der Waals surface area contributed by atoms with Crippen molar-refractivity contribution in [1.29, 1.82) is 0 Å². The fraction of sp³-hybridized carbons (Fsp3) is 0.241. The van der Waals surface area contributed by atoms with Gasteiger partial charge in [0.15, 0.2) is 0 Å². The number of carbonyl (C=O) groups is 1. The number of carbonyl (C=O) groups excluding carboxylic acids is 1. The van der Waals surface area contributed by atoms with Crippen molar-refractivity contribution in [3.8, 4) is 5.75 Å². The van der Waals surface area contributed by atoms with Crippen molar-refractivity contribution >= 4 is 40.0 Å². The van der Waals surface area contributed by atoms with Crippen LogP contribution in [0.5, 0.6) is 5.75 Å². The molecule has 0 spiro atoms. The second kappa shape index (κ2) is 11.4. The largest absolute Gasteiger partial charge is 0.433 e. The highest BCUT2D eigenvalue weighted by Gasteiger charge is 2.39.